The van der Waals surface area contributed by atoms with E-state index in [1.54, 1.807) is 6.92 Å². The molecule has 70 valence electrons. The van der Waals surface area contributed by atoms with Crippen molar-refractivity contribution in [3.8, 4) is 6.07 Å². The molecule has 3 nitrogen and oxygen atoms in total. The third-order valence-electron chi connectivity index (χ3n) is 2.88. The third-order valence-corrected chi connectivity index (χ3v) is 2.88. The van der Waals surface area contributed by atoms with Crippen LogP contribution in [-0.2, 0) is 4.79 Å². The minimum atomic E-state index is -1.03. The Hall–Kier alpha value is -1.30. The molecule has 0 saturated heterocycles. The van der Waals surface area contributed by atoms with Gasteiger partial charge in [-0.25, -0.2) is 0 Å². The number of hydrogen-bond acceptors (Lipinski definition) is 3. The summed E-state index contributed by atoms with van der Waals surface area (Å²) in [5.74, 6) is -1.03. The first kappa shape index (κ1) is 9.79. The number of nitrogens with zero attached hydrogens (tertiary/aromatic N) is 1. The van der Waals surface area contributed by atoms with Crippen molar-refractivity contribution < 1.29 is 9.90 Å². The number of carbonyl (C=O) groups excluding carboxylic acids is 1. The molecule has 0 bridgehead atoms. The Morgan fingerprint density at radius 1 is 1.54 bits per heavy atom. The maximum absolute atomic E-state index is 11.0. The van der Waals surface area contributed by atoms with Gasteiger partial charge in [0.2, 0.25) is 0 Å². The summed E-state index contributed by atoms with van der Waals surface area (Å²) in [4.78, 5) is 11.0. The van der Waals surface area contributed by atoms with Gasteiger partial charge in [0.05, 0.1) is 12.0 Å². The fourth-order valence-corrected chi connectivity index (χ4v) is 1.97. The quantitative estimate of drug-likeness (QED) is 0.586. The maximum Gasteiger partial charge on any atom is 0.0911 e. The van der Waals surface area contributed by atoms with Crippen molar-refractivity contribution in [3.05, 3.63) is 11.6 Å². The molecule has 0 heterocycles. The number of aliphatic carboxylic acids is 1. The average Bonchev–Trinajstić information content (AvgIpc) is 2.53. The molecule has 0 aromatic heterocycles. The van der Waals surface area contributed by atoms with Gasteiger partial charge in [-0.3, -0.25) is 0 Å². The molecule has 0 amide bonds. The van der Waals surface area contributed by atoms with Gasteiger partial charge < -0.3 is 9.90 Å². The zero-order valence-electron chi connectivity index (χ0n) is 7.67. The number of carbonyl (C=O) groups is 1. The first-order valence-corrected chi connectivity index (χ1v) is 4.42. The minimum Gasteiger partial charge on any atom is -0.549 e. The predicted molar refractivity (Wildman–Crippen MR) is 45.3 cm³/mol. The summed E-state index contributed by atoms with van der Waals surface area (Å²) in [7, 11) is 0. The van der Waals surface area contributed by atoms with Crippen LogP contribution in [0.4, 0.5) is 0 Å². The highest BCUT2D eigenvalue weighted by atomic mass is 16.4. The molecule has 13 heavy (non-hydrogen) atoms. The predicted octanol–water partition coefficient (Wildman–Crippen LogP) is 0.767. The van der Waals surface area contributed by atoms with Crippen LogP contribution in [-0.4, -0.2) is 5.97 Å². The smallest absolute Gasteiger partial charge is 0.0911 e. The number of carboxylic acids is 1. The lowest BCUT2D eigenvalue weighted by atomic mass is 9.79. The van der Waals surface area contributed by atoms with Crippen LogP contribution in [0, 0.1) is 16.7 Å². The van der Waals surface area contributed by atoms with E-state index in [-0.39, 0.29) is 0 Å². The zero-order chi connectivity index (χ0) is 9.90. The molecule has 1 aliphatic carbocycles. The second kappa shape index (κ2) is 3.61. The van der Waals surface area contributed by atoms with Gasteiger partial charge in [-0.2, -0.15) is 5.26 Å². The van der Waals surface area contributed by atoms with Crippen LogP contribution < -0.4 is 5.11 Å². The van der Waals surface area contributed by atoms with Crippen LogP contribution >= 0.6 is 0 Å². The van der Waals surface area contributed by atoms with Crippen LogP contribution in [0.5, 0.6) is 0 Å². The number of hydrogen-bond donors (Lipinski definition) is 0. The summed E-state index contributed by atoms with van der Waals surface area (Å²) in [6.07, 6.45) is 4.36. The lowest BCUT2D eigenvalue weighted by molar-refractivity contribution is -0.316. The monoisotopic (exact) mass is 178 g/mol. The molecule has 1 rings (SSSR count). The topological polar surface area (TPSA) is 63.9 Å². The molecule has 1 aliphatic rings. The van der Waals surface area contributed by atoms with Crippen molar-refractivity contribution in [3.63, 3.8) is 0 Å². The van der Waals surface area contributed by atoms with Gasteiger partial charge in [0.1, 0.15) is 0 Å². The summed E-state index contributed by atoms with van der Waals surface area (Å²) >= 11 is 0. The van der Waals surface area contributed by atoms with Crippen molar-refractivity contribution in [1.82, 2.24) is 0 Å². The molecule has 1 fully saturated rings. The Labute approximate surface area is 77.7 Å². The third kappa shape index (κ3) is 1.57. The second-order valence-electron chi connectivity index (χ2n) is 3.53. The van der Waals surface area contributed by atoms with Crippen molar-refractivity contribution in [2.24, 2.45) is 5.41 Å². The van der Waals surface area contributed by atoms with E-state index in [0.717, 1.165) is 12.8 Å². The Bertz CT molecular complexity index is 280. The number of carboxylic acid groups (broad SMARTS) is 1. The van der Waals surface area contributed by atoms with Crippen LogP contribution in [0.2, 0.25) is 0 Å². The van der Waals surface area contributed by atoms with Crippen LogP contribution in [0.3, 0.4) is 0 Å². The van der Waals surface area contributed by atoms with E-state index in [1.165, 1.54) is 6.08 Å². The highest BCUT2D eigenvalue weighted by Crippen LogP contribution is 2.43. The molecule has 1 saturated carbocycles. The molecule has 0 atom stereocenters. The molecule has 3 heteroatoms. The van der Waals surface area contributed by atoms with Gasteiger partial charge in [0, 0.05) is 11.5 Å². The number of allylic oxidation sites excluding steroid dienone is 1. The molecule has 0 spiro atoms. The summed E-state index contributed by atoms with van der Waals surface area (Å²) in [6, 6.07) is 1.87. The molecule has 0 N–H and O–H groups in total. The van der Waals surface area contributed by atoms with Crippen LogP contribution in [0.15, 0.2) is 11.6 Å². The standard InChI is InChI=1S/C10H13NO2/c1-8(4-7-11)10(9(12)13)5-2-3-6-10/h4H,2-3,5-6H2,1H3,(H,12,13)/p-1/b8-4+. The van der Waals surface area contributed by atoms with Crippen LogP contribution in [0.25, 0.3) is 0 Å². The normalized spacial score (nSPS) is 21.1. The van der Waals surface area contributed by atoms with Crippen molar-refractivity contribution in [2.75, 3.05) is 0 Å². The largest absolute Gasteiger partial charge is 0.549 e. The Kier molecular flexibility index (Phi) is 2.72. The molecule has 0 aliphatic heterocycles. The number of rotatable bonds is 2. The Morgan fingerprint density at radius 2 is 2.08 bits per heavy atom. The molecular formula is C10H12NO2-. The van der Waals surface area contributed by atoms with Gasteiger partial charge >= 0.3 is 0 Å². The first-order chi connectivity index (χ1) is 6.13. The summed E-state index contributed by atoms with van der Waals surface area (Å²) in [6.45, 7) is 1.70. The van der Waals surface area contributed by atoms with Gasteiger partial charge in [-0.15, -0.1) is 0 Å². The van der Waals surface area contributed by atoms with Gasteiger partial charge in [-0.1, -0.05) is 18.4 Å². The Morgan fingerprint density at radius 3 is 2.46 bits per heavy atom. The van der Waals surface area contributed by atoms with E-state index in [4.69, 9.17) is 5.26 Å². The molecule has 0 unspecified atom stereocenters. The minimum absolute atomic E-state index is 0.610. The average molecular weight is 178 g/mol. The van der Waals surface area contributed by atoms with E-state index < -0.39 is 11.4 Å². The number of nitriles is 1. The van der Waals surface area contributed by atoms with Crippen LogP contribution in [0.1, 0.15) is 32.6 Å². The van der Waals surface area contributed by atoms with Gasteiger partial charge in [0.15, 0.2) is 0 Å². The second-order valence-corrected chi connectivity index (χ2v) is 3.53. The summed E-state index contributed by atoms with van der Waals surface area (Å²) in [5, 5.41) is 19.4. The van der Waals surface area contributed by atoms with E-state index in [9.17, 15) is 9.90 Å². The zero-order valence-corrected chi connectivity index (χ0v) is 7.67. The van der Waals surface area contributed by atoms with Crippen molar-refractivity contribution in [2.45, 2.75) is 32.6 Å². The molecule has 0 radical (unpaired) electrons. The highest BCUT2D eigenvalue weighted by Gasteiger charge is 2.36. The fraction of sp³-hybridized carbons (Fsp3) is 0.600. The molecule has 0 aromatic carbocycles. The van der Waals surface area contributed by atoms with E-state index in [2.05, 4.69) is 0 Å². The fourth-order valence-electron chi connectivity index (χ4n) is 1.97. The summed E-state index contributed by atoms with van der Waals surface area (Å²) in [5.41, 5.74) is -0.220. The van der Waals surface area contributed by atoms with Crippen molar-refractivity contribution >= 4 is 5.97 Å². The lowest BCUT2D eigenvalue weighted by Gasteiger charge is -2.30. The van der Waals surface area contributed by atoms with Gasteiger partial charge in [0.25, 0.3) is 0 Å². The Balaban J connectivity index is 2.99. The maximum atomic E-state index is 11.0. The SMILES string of the molecule is C/C(=C\C#N)C1(C(=O)[O-])CCCC1. The van der Waals surface area contributed by atoms with Gasteiger partial charge in [-0.05, 0) is 19.8 Å². The van der Waals surface area contributed by atoms with Crippen molar-refractivity contribution in [1.29, 1.82) is 5.26 Å². The molecule has 0 aromatic rings. The molecular weight excluding hydrogens is 166 g/mol. The summed E-state index contributed by atoms with van der Waals surface area (Å²) < 4.78 is 0. The van der Waals surface area contributed by atoms with E-state index >= 15 is 0 Å². The van der Waals surface area contributed by atoms with E-state index in [0.29, 0.717) is 18.4 Å². The highest BCUT2D eigenvalue weighted by molar-refractivity contribution is 5.77. The lowest BCUT2D eigenvalue weighted by Crippen LogP contribution is -2.41. The van der Waals surface area contributed by atoms with E-state index in [1.807, 2.05) is 6.07 Å². The first-order valence-electron chi connectivity index (χ1n) is 4.42.